The van der Waals surface area contributed by atoms with Gasteiger partial charge in [-0.25, -0.2) is 4.39 Å². The first-order chi connectivity index (χ1) is 6.66. The van der Waals surface area contributed by atoms with Crippen LogP contribution in [0.15, 0.2) is 18.2 Å². The van der Waals surface area contributed by atoms with Crippen molar-refractivity contribution in [3.05, 3.63) is 29.6 Å². The Bertz CT molecular complexity index is 417. The van der Waals surface area contributed by atoms with Crippen LogP contribution in [0.4, 0.5) is 10.1 Å². The van der Waals surface area contributed by atoms with Gasteiger partial charge < -0.3 is 5.32 Å². The second-order valence-electron chi connectivity index (χ2n) is 2.92. The van der Waals surface area contributed by atoms with Crippen molar-refractivity contribution in [3.8, 4) is 0 Å². The molecule has 1 heterocycles. The number of amides is 2. The van der Waals surface area contributed by atoms with E-state index in [1.807, 2.05) is 0 Å². The maximum absolute atomic E-state index is 12.8. The largest absolute Gasteiger partial charge is 0.375 e. The van der Waals surface area contributed by atoms with Gasteiger partial charge in [0.25, 0.3) is 5.91 Å². The molecule has 72 valence electrons. The quantitative estimate of drug-likeness (QED) is 0.591. The molecular weight excluding hydrogens is 187 g/mol. The standard InChI is InChI=1S/C9H7FN2O2/c10-5-1-2-7-6(3-5)9(14)12-8(13)4-11-7/h1-3,11H,4H2,(H,12,13,14). The Labute approximate surface area is 79.1 Å². The molecule has 0 fully saturated rings. The first-order valence-electron chi connectivity index (χ1n) is 4.04. The number of hydrogen-bond donors (Lipinski definition) is 2. The maximum Gasteiger partial charge on any atom is 0.260 e. The van der Waals surface area contributed by atoms with Crippen molar-refractivity contribution in [1.82, 2.24) is 5.32 Å². The molecule has 2 N–H and O–H groups in total. The Morgan fingerprint density at radius 1 is 1.29 bits per heavy atom. The molecule has 0 aromatic heterocycles. The zero-order valence-corrected chi connectivity index (χ0v) is 7.13. The molecule has 1 aromatic rings. The lowest BCUT2D eigenvalue weighted by Crippen LogP contribution is -2.31. The SMILES string of the molecule is O=C1CNc2ccc(F)cc2C(=O)N1. The first-order valence-corrected chi connectivity index (χ1v) is 4.04. The minimum atomic E-state index is -0.575. The summed E-state index contributed by atoms with van der Waals surface area (Å²) in [4.78, 5) is 22.3. The molecule has 4 nitrogen and oxygen atoms in total. The molecule has 1 aliphatic rings. The van der Waals surface area contributed by atoms with Crippen LogP contribution in [0.25, 0.3) is 0 Å². The normalized spacial score (nSPS) is 15.2. The van der Waals surface area contributed by atoms with Gasteiger partial charge in [-0.05, 0) is 18.2 Å². The third-order valence-corrected chi connectivity index (χ3v) is 1.92. The fourth-order valence-corrected chi connectivity index (χ4v) is 1.27. The maximum atomic E-state index is 12.8. The van der Waals surface area contributed by atoms with Gasteiger partial charge in [0.1, 0.15) is 5.82 Å². The summed E-state index contributed by atoms with van der Waals surface area (Å²) in [5.41, 5.74) is 0.616. The van der Waals surface area contributed by atoms with Crippen LogP contribution in [-0.4, -0.2) is 18.4 Å². The number of nitrogens with one attached hydrogen (secondary N) is 2. The van der Waals surface area contributed by atoms with Crippen molar-refractivity contribution < 1.29 is 14.0 Å². The number of anilines is 1. The Hall–Kier alpha value is -1.91. The number of carbonyl (C=O) groups is 2. The van der Waals surface area contributed by atoms with Crippen LogP contribution in [-0.2, 0) is 4.79 Å². The van der Waals surface area contributed by atoms with Gasteiger partial charge in [0.2, 0.25) is 5.91 Å². The highest BCUT2D eigenvalue weighted by Gasteiger charge is 2.19. The summed E-state index contributed by atoms with van der Waals surface area (Å²) in [6.07, 6.45) is 0. The van der Waals surface area contributed by atoms with Crippen molar-refractivity contribution in [1.29, 1.82) is 0 Å². The predicted molar refractivity (Wildman–Crippen MR) is 47.4 cm³/mol. The van der Waals surface area contributed by atoms with Crippen molar-refractivity contribution in [3.63, 3.8) is 0 Å². The van der Waals surface area contributed by atoms with Crippen LogP contribution in [0.3, 0.4) is 0 Å². The fourth-order valence-electron chi connectivity index (χ4n) is 1.27. The van der Waals surface area contributed by atoms with Gasteiger partial charge in [-0.1, -0.05) is 0 Å². The molecule has 0 unspecified atom stereocenters. The third-order valence-electron chi connectivity index (χ3n) is 1.92. The van der Waals surface area contributed by atoms with Gasteiger partial charge in [0.15, 0.2) is 0 Å². The Morgan fingerprint density at radius 3 is 2.86 bits per heavy atom. The average Bonchev–Trinajstić information content (AvgIpc) is 2.27. The van der Waals surface area contributed by atoms with E-state index in [4.69, 9.17) is 0 Å². The summed E-state index contributed by atoms with van der Waals surface area (Å²) in [6, 6.07) is 3.76. The Balaban J connectivity index is 2.49. The molecule has 0 saturated heterocycles. The molecule has 0 saturated carbocycles. The summed E-state index contributed by atoms with van der Waals surface area (Å²) in [6.45, 7) is 0.0182. The molecule has 14 heavy (non-hydrogen) atoms. The number of benzene rings is 1. The monoisotopic (exact) mass is 194 g/mol. The van der Waals surface area contributed by atoms with Crippen molar-refractivity contribution >= 4 is 17.5 Å². The lowest BCUT2D eigenvalue weighted by molar-refractivity contribution is -0.118. The van der Waals surface area contributed by atoms with Crippen LogP contribution in [0, 0.1) is 5.82 Å². The van der Waals surface area contributed by atoms with Gasteiger partial charge >= 0.3 is 0 Å². The minimum Gasteiger partial charge on any atom is -0.375 e. The van der Waals surface area contributed by atoms with Crippen LogP contribution in [0.2, 0.25) is 0 Å². The smallest absolute Gasteiger partial charge is 0.260 e. The topological polar surface area (TPSA) is 58.2 Å². The zero-order valence-electron chi connectivity index (χ0n) is 7.13. The third kappa shape index (κ3) is 1.44. The second kappa shape index (κ2) is 3.10. The van der Waals surface area contributed by atoms with E-state index < -0.39 is 17.6 Å². The molecule has 1 aromatic carbocycles. The molecule has 0 aliphatic carbocycles. The molecule has 0 spiro atoms. The lowest BCUT2D eigenvalue weighted by Gasteiger charge is -2.03. The van der Waals surface area contributed by atoms with Gasteiger partial charge in [-0.2, -0.15) is 0 Å². The molecule has 0 bridgehead atoms. The summed E-state index contributed by atoms with van der Waals surface area (Å²) in [5.74, 6) is -1.50. The lowest BCUT2D eigenvalue weighted by atomic mass is 10.1. The highest BCUT2D eigenvalue weighted by molar-refractivity contribution is 6.10. The van der Waals surface area contributed by atoms with E-state index >= 15 is 0 Å². The molecular formula is C9H7FN2O2. The van der Waals surface area contributed by atoms with Crippen molar-refractivity contribution in [2.24, 2.45) is 0 Å². The number of imide groups is 1. The average molecular weight is 194 g/mol. The van der Waals surface area contributed by atoms with Crippen LogP contribution in [0.1, 0.15) is 10.4 Å². The van der Waals surface area contributed by atoms with Crippen LogP contribution >= 0.6 is 0 Å². The highest BCUT2D eigenvalue weighted by atomic mass is 19.1. The van der Waals surface area contributed by atoms with E-state index in [1.165, 1.54) is 12.1 Å². The number of halogens is 1. The van der Waals surface area contributed by atoms with Gasteiger partial charge in [0.05, 0.1) is 12.1 Å². The number of rotatable bonds is 0. The second-order valence-corrected chi connectivity index (χ2v) is 2.92. The van der Waals surface area contributed by atoms with Crippen molar-refractivity contribution in [2.45, 2.75) is 0 Å². The molecule has 0 atom stereocenters. The van der Waals surface area contributed by atoms with Gasteiger partial charge in [0, 0.05) is 5.69 Å². The molecule has 0 radical (unpaired) electrons. The first kappa shape index (κ1) is 8.68. The number of carbonyl (C=O) groups excluding carboxylic acids is 2. The number of fused-ring (bicyclic) bond motifs is 1. The zero-order chi connectivity index (χ0) is 10.1. The summed E-state index contributed by atoms with van der Waals surface area (Å²) in [5, 5.41) is 4.85. The Kier molecular flexibility index (Phi) is 1.92. The molecule has 2 amide bonds. The summed E-state index contributed by atoms with van der Waals surface area (Å²) in [7, 11) is 0. The Morgan fingerprint density at radius 2 is 2.07 bits per heavy atom. The van der Waals surface area contributed by atoms with E-state index in [9.17, 15) is 14.0 Å². The highest BCUT2D eigenvalue weighted by Crippen LogP contribution is 2.18. The van der Waals surface area contributed by atoms with E-state index in [-0.39, 0.29) is 12.1 Å². The van der Waals surface area contributed by atoms with Crippen LogP contribution < -0.4 is 10.6 Å². The van der Waals surface area contributed by atoms with Gasteiger partial charge in [-0.3, -0.25) is 14.9 Å². The van der Waals surface area contributed by atoms with E-state index in [2.05, 4.69) is 10.6 Å². The molecule has 2 rings (SSSR count). The predicted octanol–water partition coefficient (Wildman–Crippen LogP) is 0.508. The van der Waals surface area contributed by atoms with E-state index in [0.29, 0.717) is 5.69 Å². The van der Waals surface area contributed by atoms with Crippen LogP contribution in [0.5, 0.6) is 0 Å². The van der Waals surface area contributed by atoms with Gasteiger partial charge in [-0.15, -0.1) is 0 Å². The minimum absolute atomic E-state index is 0.0182. The summed E-state index contributed by atoms with van der Waals surface area (Å²) >= 11 is 0. The number of hydrogen-bond acceptors (Lipinski definition) is 3. The fraction of sp³-hybridized carbons (Fsp3) is 0.111. The molecule has 5 heteroatoms. The molecule has 1 aliphatic heterocycles. The van der Waals surface area contributed by atoms with Crippen molar-refractivity contribution in [2.75, 3.05) is 11.9 Å². The van der Waals surface area contributed by atoms with E-state index in [1.54, 1.807) is 0 Å². The van der Waals surface area contributed by atoms with E-state index in [0.717, 1.165) is 6.07 Å². The summed E-state index contributed by atoms with van der Waals surface area (Å²) < 4.78 is 12.8.